The van der Waals surface area contributed by atoms with Gasteiger partial charge in [-0.2, -0.15) is 0 Å². The summed E-state index contributed by atoms with van der Waals surface area (Å²) < 4.78 is 18.4. The topological polar surface area (TPSA) is 29.5 Å². The lowest BCUT2D eigenvalue weighted by Crippen LogP contribution is -2.20. The highest BCUT2D eigenvalue weighted by Gasteiger charge is 2.08. The number of hydrogen-bond donors (Lipinski definition) is 0. The zero-order valence-corrected chi connectivity index (χ0v) is 11.2. The zero-order chi connectivity index (χ0) is 13.5. The van der Waals surface area contributed by atoms with Crippen molar-refractivity contribution in [1.29, 1.82) is 0 Å². The van der Waals surface area contributed by atoms with Gasteiger partial charge in [0.2, 0.25) is 0 Å². The van der Waals surface area contributed by atoms with Crippen LogP contribution in [-0.2, 0) is 11.3 Å². The highest BCUT2D eigenvalue weighted by atomic mass is 19.1. The Hall–Kier alpha value is -1.42. The van der Waals surface area contributed by atoms with E-state index in [1.807, 2.05) is 7.05 Å². The summed E-state index contributed by atoms with van der Waals surface area (Å²) in [6, 6.07) is 4.51. The molecule has 1 aromatic carbocycles. The van der Waals surface area contributed by atoms with Crippen molar-refractivity contribution in [3.8, 4) is 5.75 Å². The molecule has 3 nitrogen and oxygen atoms in total. The van der Waals surface area contributed by atoms with Crippen molar-refractivity contribution in [3.63, 3.8) is 0 Å². The van der Waals surface area contributed by atoms with Crippen LogP contribution in [0.15, 0.2) is 18.2 Å². The van der Waals surface area contributed by atoms with Crippen LogP contribution in [0.3, 0.4) is 0 Å². The fourth-order valence-electron chi connectivity index (χ4n) is 1.84. The quantitative estimate of drug-likeness (QED) is 0.748. The van der Waals surface area contributed by atoms with Gasteiger partial charge in [0, 0.05) is 18.5 Å². The van der Waals surface area contributed by atoms with Crippen molar-refractivity contribution in [2.24, 2.45) is 0 Å². The predicted octanol–water partition coefficient (Wildman–Crippen LogP) is 2.64. The van der Waals surface area contributed by atoms with Crippen LogP contribution in [-0.4, -0.2) is 31.4 Å². The highest BCUT2D eigenvalue weighted by molar-refractivity contribution is 5.75. The summed E-state index contributed by atoms with van der Waals surface area (Å²) in [4.78, 5) is 12.9. The molecule has 0 atom stereocenters. The van der Waals surface area contributed by atoms with Gasteiger partial charge in [0.05, 0.1) is 7.11 Å². The first kappa shape index (κ1) is 14.6. The number of hydrogen-bond acceptors (Lipinski definition) is 3. The van der Waals surface area contributed by atoms with Crippen LogP contribution in [0.5, 0.6) is 5.75 Å². The molecule has 0 saturated heterocycles. The number of carbonyl (C=O) groups excluding carboxylic acids is 1. The minimum Gasteiger partial charge on any atom is -0.496 e. The fraction of sp³-hybridized carbons (Fsp3) is 0.500. The van der Waals surface area contributed by atoms with E-state index in [0.717, 1.165) is 18.5 Å². The van der Waals surface area contributed by atoms with Gasteiger partial charge in [0.15, 0.2) is 0 Å². The Kier molecular flexibility index (Phi) is 5.78. The predicted molar refractivity (Wildman–Crippen MR) is 69.2 cm³/mol. The molecular weight excluding hydrogens is 233 g/mol. The Balaban J connectivity index is 2.55. The first-order valence-corrected chi connectivity index (χ1v) is 6.03. The van der Waals surface area contributed by atoms with Crippen molar-refractivity contribution in [1.82, 2.24) is 4.90 Å². The SMILES string of the molecule is COc1ccc(F)cc1CN(C)CCCC(C)=O. The fourth-order valence-corrected chi connectivity index (χ4v) is 1.84. The summed E-state index contributed by atoms with van der Waals surface area (Å²) in [5.41, 5.74) is 0.822. The molecule has 0 heterocycles. The van der Waals surface area contributed by atoms with Crippen LogP contribution >= 0.6 is 0 Å². The van der Waals surface area contributed by atoms with E-state index in [4.69, 9.17) is 4.74 Å². The maximum Gasteiger partial charge on any atom is 0.129 e. The molecule has 0 bridgehead atoms. The molecule has 100 valence electrons. The molecule has 0 aromatic heterocycles. The van der Waals surface area contributed by atoms with E-state index < -0.39 is 0 Å². The van der Waals surface area contributed by atoms with Gasteiger partial charge in [-0.25, -0.2) is 4.39 Å². The van der Waals surface area contributed by atoms with Crippen molar-refractivity contribution >= 4 is 5.78 Å². The van der Waals surface area contributed by atoms with Crippen LogP contribution < -0.4 is 4.74 Å². The van der Waals surface area contributed by atoms with Crippen molar-refractivity contribution in [3.05, 3.63) is 29.6 Å². The number of Topliss-reactive ketones (excluding diaryl/α,β-unsaturated/α-hetero) is 1. The molecule has 18 heavy (non-hydrogen) atoms. The van der Waals surface area contributed by atoms with E-state index in [1.54, 1.807) is 20.1 Å². The molecule has 0 aliphatic heterocycles. The van der Waals surface area contributed by atoms with Gasteiger partial charge in [-0.3, -0.25) is 0 Å². The van der Waals surface area contributed by atoms with E-state index in [2.05, 4.69) is 4.90 Å². The second-order valence-corrected chi connectivity index (χ2v) is 4.50. The molecular formula is C14H20FNO2. The minimum atomic E-state index is -0.261. The molecule has 0 saturated carbocycles. The second kappa shape index (κ2) is 7.11. The molecule has 0 aliphatic rings. The Bertz CT molecular complexity index is 407. The molecule has 0 radical (unpaired) electrons. The third-order valence-corrected chi connectivity index (χ3v) is 2.75. The molecule has 1 aromatic rings. The Morgan fingerprint density at radius 2 is 2.17 bits per heavy atom. The van der Waals surface area contributed by atoms with E-state index in [1.165, 1.54) is 12.1 Å². The Morgan fingerprint density at radius 3 is 2.78 bits per heavy atom. The summed E-state index contributed by atoms with van der Waals surface area (Å²) in [5.74, 6) is 0.629. The second-order valence-electron chi connectivity index (χ2n) is 4.50. The number of carbonyl (C=O) groups is 1. The summed E-state index contributed by atoms with van der Waals surface area (Å²) in [6.07, 6.45) is 1.41. The normalized spacial score (nSPS) is 10.7. The zero-order valence-electron chi connectivity index (χ0n) is 11.2. The van der Waals surface area contributed by atoms with Crippen molar-refractivity contribution in [2.75, 3.05) is 20.7 Å². The van der Waals surface area contributed by atoms with Crippen molar-refractivity contribution < 1.29 is 13.9 Å². The van der Waals surface area contributed by atoms with Crippen LogP contribution in [0.25, 0.3) is 0 Å². The molecule has 0 aliphatic carbocycles. The Morgan fingerprint density at radius 1 is 1.44 bits per heavy atom. The van der Waals surface area contributed by atoms with Gasteiger partial charge in [-0.05, 0) is 45.1 Å². The number of methoxy groups -OCH3 is 1. The van der Waals surface area contributed by atoms with Gasteiger partial charge in [-0.1, -0.05) is 0 Å². The lowest BCUT2D eigenvalue weighted by atomic mass is 10.1. The van der Waals surface area contributed by atoms with E-state index >= 15 is 0 Å². The van der Waals surface area contributed by atoms with Gasteiger partial charge in [0.25, 0.3) is 0 Å². The Labute approximate surface area is 108 Å². The third-order valence-electron chi connectivity index (χ3n) is 2.75. The van der Waals surface area contributed by atoms with Gasteiger partial charge in [-0.15, -0.1) is 0 Å². The molecule has 0 fully saturated rings. The monoisotopic (exact) mass is 253 g/mol. The number of nitrogens with zero attached hydrogens (tertiary/aromatic N) is 1. The van der Waals surface area contributed by atoms with Crippen LogP contribution in [0.1, 0.15) is 25.3 Å². The standard InChI is InChI=1S/C14H20FNO2/c1-11(17)5-4-8-16(2)10-12-9-13(15)6-7-14(12)18-3/h6-7,9H,4-5,8,10H2,1-3H3. The summed E-state index contributed by atoms with van der Waals surface area (Å²) in [5, 5.41) is 0. The van der Waals surface area contributed by atoms with Gasteiger partial charge < -0.3 is 14.4 Å². The average Bonchev–Trinajstić information content (AvgIpc) is 2.28. The number of halogens is 1. The number of ether oxygens (including phenoxy) is 1. The molecule has 1 rings (SSSR count). The smallest absolute Gasteiger partial charge is 0.129 e. The minimum absolute atomic E-state index is 0.201. The maximum absolute atomic E-state index is 13.2. The van der Waals surface area contributed by atoms with Gasteiger partial charge >= 0.3 is 0 Å². The molecule has 0 N–H and O–H groups in total. The summed E-state index contributed by atoms with van der Waals surface area (Å²) in [7, 11) is 3.52. The largest absolute Gasteiger partial charge is 0.496 e. The van der Waals surface area contributed by atoms with E-state index in [0.29, 0.717) is 18.7 Å². The van der Waals surface area contributed by atoms with Crippen molar-refractivity contribution in [2.45, 2.75) is 26.3 Å². The molecule has 0 amide bonds. The number of ketones is 1. The van der Waals surface area contributed by atoms with Gasteiger partial charge in [0.1, 0.15) is 17.3 Å². The van der Waals surface area contributed by atoms with Crippen LogP contribution in [0.2, 0.25) is 0 Å². The first-order chi connectivity index (χ1) is 8.52. The lowest BCUT2D eigenvalue weighted by Gasteiger charge is -2.18. The summed E-state index contributed by atoms with van der Waals surface area (Å²) in [6.45, 7) is 3.01. The number of benzene rings is 1. The highest BCUT2D eigenvalue weighted by Crippen LogP contribution is 2.20. The first-order valence-electron chi connectivity index (χ1n) is 6.03. The van der Waals surface area contributed by atoms with E-state index in [9.17, 15) is 9.18 Å². The third kappa shape index (κ3) is 4.84. The van der Waals surface area contributed by atoms with E-state index in [-0.39, 0.29) is 11.6 Å². The molecule has 4 heteroatoms. The van der Waals surface area contributed by atoms with Crippen LogP contribution in [0.4, 0.5) is 4.39 Å². The maximum atomic E-state index is 13.2. The molecule has 0 unspecified atom stereocenters. The summed E-state index contributed by atoms with van der Waals surface area (Å²) >= 11 is 0. The molecule has 0 spiro atoms. The number of rotatable bonds is 7. The average molecular weight is 253 g/mol. The van der Waals surface area contributed by atoms with Crippen LogP contribution in [0, 0.1) is 5.82 Å². The lowest BCUT2D eigenvalue weighted by molar-refractivity contribution is -0.117.